The molecule has 1 aromatic heterocycles. The van der Waals surface area contributed by atoms with Crippen LogP contribution in [0.4, 0.5) is 4.79 Å². The lowest BCUT2D eigenvalue weighted by Gasteiger charge is -2.36. The zero-order valence-corrected chi connectivity index (χ0v) is 39.5. The number of carbonyl (C=O) groups excluding carboxylic acids is 5. The third kappa shape index (κ3) is 11.2. The van der Waals surface area contributed by atoms with Crippen molar-refractivity contribution < 1.29 is 41.9 Å². The van der Waals surface area contributed by atoms with E-state index < -0.39 is 80.6 Å². The van der Waals surface area contributed by atoms with Gasteiger partial charge in [0.05, 0.1) is 30.6 Å². The lowest BCUT2D eigenvalue weighted by molar-refractivity contribution is -0.132. The van der Waals surface area contributed by atoms with Crippen LogP contribution in [0.3, 0.4) is 0 Å². The number of nitrogens with one attached hydrogen (secondary N) is 5. The summed E-state index contributed by atoms with van der Waals surface area (Å²) in [5.74, 6) is -2.68. The molecule has 5 N–H and O–H groups in total. The molecule has 2 unspecified atom stereocenters. The summed E-state index contributed by atoms with van der Waals surface area (Å²) >= 11 is 0. The van der Waals surface area contributed by atoms with Gasteiger partial charge in [-0.05, 0) is 48.3 Å². The fourth-order valence-electron chi connectivity index (χ4n) is 9.23. The topological polar surface area (TPSA) is 214 Å². The van der Waals surface area contributed by atoms with Gasteiger partial charge in [-0.3, -0.25) is 23.9 Å². The summed E-state index contributed by atoms with van der Waals surface area (Å²) in [5.41, 5.74) is -0.0505. The van der Waals surface area contributed by atoms with Crippen LogP contribution >= 0.6 is 0 Å². The van der Waals surface area contributed by atoms with Gasteiger partial charge in [-0.2, -0.15) is 0 Å². The van der Waals surface area contributed by atoms with Crippen LogP contribution in [-0.2, 0) is 35.0 Å². The van der Waals surface area contributed by atoms with E-state index >= 15 is 0 Å². The van der Waals surface area contributed by atoms with Crippen molar-refractivity contribution in [1.29, 1.82) is 0 Å². The fraction of sp³-hybridized carbons (Fsp3) is 0.440. The van der Waals surface area contributed by atoms with Gasteiger partial charge < -0.3 is 35.6 Å². The highest BCUT2D eigenvalue weighted by Gasteiger charge is 2.61. The zero-order chi connectivity index (χ0) is 48.1. The van der Waals surface area contributed by atoms with Gasteiger partial charge in [0.25, 0.3) is 5.91 Å². The highest BCUT2D eigenvalue weighted by molar-refractivity contribution is 7.89. The van der Waals surface area contributed by atoms with E-state index in [1.165, 1.54) is 18.0 Å². The van der Waals surface area contributed by atoms with Crippen molar-refractivity contribution >= 4 is 50.6 Å². The molecule has 0 radical (unpaired) electrons. The molecule has 0 bridgehead atoms. The first-order chi connectivity index (χ1) is 31.9. The Morgan fingerprint density at radius 1 is 0.925 bits per heavy atom. The Morgan fingerprint density at radius 3 is 2.24 bits per heavy atom. The molecule has 4 aromatic rings. The van der Waals surface area contributed by atoms with Crippen molar-refractivity contribution in [1.82, 2.24) is 35.9 Å². The normalized spacial score (nSPS) is 21.6. The SMILES string of the molecule is C=CC1CC1(NC(=O)[C@@H]1C[C@@H](Oc2cc(-c3ccccc3)nc3cc(OC)ccc23)CN1C(=O)N[C@H](C(=O)N[C@H](C(=O)NC)C1CCCCC1)C(C)(C)C)C(=O)NS(=O)(=O)Cc1ccccc1. The van der Waals surface area contributed by atoms with E-state index in [1.54, 1.807) is 76.4 Å². The summed E-state index contributed by atoms with van der Waals surface area (Å²) in [6, 6.07) is 21.1. The minimum Gasteiger partial charge on any atom is -0.497 e. The second kappa shape index (κ2) is 20.2. The van der Waals surface area contributed by atoms with E-state index in [0.29, 0.717) is 33.7 Å². The molecule has 1 saturated heterocycles. The molecule has 356 valence electrons. The summed E-state index contributed by atoms with van der Waals surface area (Å²) in [6.07, 6.45) is 5.18. The molecule has 3 fully saturated rings. The molecule has 3 aromatic carbocycles. The van der Waals surface area contributed by atoms with Crippen LogP contribution < -0.4 is 35.5 Å². The molecule has 2 aliphatic carbocycles. The van der Waals surface area contributed by atoms with Crippen LogP contribution in [0.25, 0.3) is 22.2 Å². The first-order valence-corrected chi connectivity index (χ1v) is 24.4. The molecule has 6 atom stereocenters. The predicted octanol–water partition coefficient (Wildman–Crippen LogP) is 5.37. The number of amides is 6. The maximum Gasteiger partial charge on any atom is 0.318 e. The number of benzene rings is 3. The maximum absolute atomic E-state index is 14.7. The number of hydrogen-bond acceptors (Lipinski definition) is 10. The molecule has 67 heavy (non-hydrogen) atoms. The third-order valence-electron chi connectivity index (χ3n) is 13.0. The highest BCUT2D eigenvalue weighted by atomic mass is 32.2. The van der Waals surface area contributed by atoms with Gasteiger partial charge in [0.15, 0.2) is 0 Å². The van der Waals surface area contributed by atoms with Crippen LogP contribution in [0.1, 0.15) is 71.3 Å². The quantitative estimate of drug-likeness (QED) is 0.0906. The van der Waals surface area contributed by atoms with Crippen molar-refractivity contribution in [3.63, 3.8) is 0 Å². The number of hydrogen-bond donors (Lipinski definition) is 5. The molecular formula is C50H61N7O9S. The van der Waals surface area contributed by atoms with Crippen LogP contribution in [0.5, 0.6) is 11.5 Å². The summed E-state index contributed by atoms with van der Waals surface area (Å²) < 4.78 is 40.9. The molecule has 16 nitrogen and oxygen atoms in total. The monoisotopic (exact) mass is 935 g/mol. The standard InChI is InChI=1S/C50H61N7O9S/c1-7-34-28-50(34,47(61)56-67(63,64)30-31-17-11-8-12-18-31)55-44(58)40-26-36(66-41-27-38(32-19-13-9-14-20-32)52-39-25-35(65-6)23-24-37(39)41)29-57(40)48(62)54-43(49(2,3)4)46(60)53-42(45(59)51-5)33-21-15-10-16-22-33/h7-9,11-14,17-20,23-25,27,33-34,36,40,42-43H,1,10,15-16,21-22,26,28-30H2,2-6H3,(H,51,59)(H,53,60)(H,54,62)(H,55,58)(H,56,61)/t34?,36-,40+,42+,43-,50?/m1/s1. The number of fused-ring (bicyclic) bond motifs is 1. The number of ether oxygens (including phenoxy) is 2. The number of urea groups is 1. The molecule has 1 aliphatic heterocycles. The molecule has 17 heteroatoms. The first kappa shape index (κ1) is 48.4. The van der Waals surface area contributed by atoms with Crippen molar-refractivity contribution in [3.05, 3.63) is 103 Å². The fourth-order valence-corrected chi connectivity index (χ4v) is 10.4. The molecule has 2 saturated carbocycles. The van der Waals surface area contributed by atoms with Gasteiger partial charge in [-0.25, -0.2) is 18.2 Å². The van der Waals surface area contributed by atoms with Gasteiger partial charge in [0.2, 0.25) is 27.7 Å². The van der Waals surface area contributed by atoms with Gasteiger partial charge in [0.1, 0.15) is 41.3 Å². The summed E-state index contributed by atoms with van der Waals surface area (Å²) in [7, 11) is -1.11. The molecular weight excluding hydrogens is 875 g/mol. The Morgan fingerprint density at radius 2 is 1.61 bits per heavy atom. The largest absolute Gasteiger partial charge is 0.497 e. The maximum atomic E-state index is 14.7. The minimum atomic E-state index is -4.19. The number of sulfonamides is 1. The number of methoxy groups -OCH3 is 1. The Bertz CT molecular complexity index is 2600. The number of aromatic nitrogens is 1. The third-order valence-corrected chi connectivity index (χ3v) is 14.2. The van der Waals surface area contributed by atoms with Crippen LogP contribution in [0.2, 0.25) is 0 Å². The van der Waals surface area contributed by atoms with Gasteiger partial charge in [-0.1, -0.05) is 107 Å². The number of carbonyl (C=O) groups is 5. The van der Waals surface area contributed by atoms with Gasteiger partial charge >= 0.3 is 6.03 Å². The van der Waals surface area contributed by atoms with E-state index in [4.69, 9.17) is 14.5 Å². The lowest BCUT2D eigenvalue weighted by Crippen LogP contribution is -2.62. The number of likely N-dealkylation sites (tertiary alicyclic amines) is 1. The van der Waals surface area contributed by atoms with Crippen molar-refractivity contribution in [3.8, 4) is 22.8 Å². The predicted molar refractivity (Wildman–Crippen MR) is 254 cm³/mol. The van der Waals surface area contributed by atoms with Crippen LogP contribution in [-0.4, -0.2) is 98.4 Å². The first-order valence-electron chi connectivity index (χ1n) is 22.8. The Labute approximate surface area is 392 Å². The number of nitrogens with zero attached hydrogens (tertiary/aromatic N) is 2. The van der Waals surface area contributed by atoms with Crippen molar-refractivity contribution in [2.75, 3.05) is 20.7 Å². The van der Waals surface area contributed by atoms with Gasteiger partial charge in [-0.15, -0.1) is 6.58 Å². The number of likely N-dealkylation sites (N-methyl/N-ethyl adjacent to an activating group) is 1. The van der Waals surface area contributed by atoms with Crippen LogP contribution in [0.15, 0.2) is 97.6 Å². The molecule has 7 rings (SSSR count). The zero-order valence-electron chi connectivity index (χ0n) is 38.7. The molecule has 6 amide bonds. The highest BCUT2D eigenvalue weighted by Crippen LogP contribution is 2.45. The second-order valence-electron chi connectivity index (χ2n) is 18.8. The minimum absolute atomic E-state index is 0.0462. The van der Waals surface area contributed by atoms with E-state index in [2.05, 4.69) is 32.6 Å². The molecule has 2 heterocycles. The number of pyridine rings is 1. The van der Waals surface area contributed by atoms with Crippen molar-refractivity contribution in [2.24, 2.45) is 17.3 Å². The van der Waals surface area contributed by atoms with E-state index in [-0.39, 0.29) is 31.2 Å². The Hall–Kier alpha value is -6.49. The summed E-state index contributed by atoms with van der Waals surface area (Å²) in [6.45, 7) is 9.07. The number of rotatable bonds is 16. The van der Waals surface area contributed by atoms with Gasteiger partial charge in [0, 0.05) is 42.5 Å². The van der Waals surface area contributed by atoms with E-state index in [0.717, 1.165) is 37.7 Å². The second-order valence-corrected chi connectivity index (χ2v) is 20.6. The summed E-state index contributed by atoms with van der Waals surface area (Å²) in [5, 5.41) is 12.0. The molecule has 0 spiro atoms. The lowest BCUT2D eigenvalue weighted by atomic mass is 9.82. The average molecular weight is 936 g/mol. The van der Waals surface area contributed by atoms with E-state index in [9.17, 15) is 32.4 Å². The van der Waals surface area contributed by atoms with Crippen LogP contribution in [0, 0.1) is 17.3 Å². The average Bonchev–Trinajstić information content (AvgIpc) is 3.87. The molecule has 3 aliphatic rings. The smallest absolute Gasteiger partial charge is 0.318 e. The Balaban J connectivity index is 1.19. The summed E-state index contributed by atoms with van der Waals surface area (Å²) in [4.78, 5) is 77.0. The van der Waals surface area contributed by atoms with E-state index in [1.807, 2.05) is 36.4 Å². The van der Waals surface area contributed by atoms with Crippen molar-refractivity contribution in [2.45, 2.75) is 101 Å². The Kier molecular flexibility index (Phi) is 14.6.